The Morgan fingerprint density at radius 1 is 1.14 bits per heavy atom. The summed E-state index contributed by atoms with van der Waals surface area (Å²) in [6.07, 6.45) is 1.12. The lowest BCUT2D eigenvalue weighted by Gasteiger charge is -2.09. The van der Waals surface area contributed by atoms with Crippen LogP contribution in [0.15, 0.2) is 64.4 Å². The number of carbonyl (C=O) groups is 1. The highest BCUT2D eigenvalue weighted by molar-refractivity contribution is 9.10. The van der Waals surface area contributed by atoms with E-state index in [4.69, 9.17) is 11.6 Å². The summed E-state index contributed by atoms with van der Waals surface area (Å²) in [5.74, 6) is -0.892. The molecule has 0 aliphatic heterocycles. The summed E-state index contributed by atoms with van der Waals surface area (Å²) in [5, 5.41) is 2.15. The highest BCUT2D eigenvalue weighted by Crippen LogP contribution is 2.21. The van der Waals surface area contributed by atoms with Crippen molar-refractivity contribution in [2.75, 3.05) is 5.32 Å². The molecule has 3 rings (SSSR count). The van der Waals surface area contributed by atoms with E-state index < -0.39 is 20.9 Å². The van der Waals surface area contributed by atoms with Crippen LogP contribution in [-0.4, -0.2) is 24.3 Å². The van der Waals surface area contributed by atoms with Gasteiger partial charge in [0.15, 0.2) is 5.69 Å². The van der Waals surface area contributed by atoms with Gasteiger partial charge in [0.1, 0.15) is 0 Å². The molecule has 9 heteroatoms. The molecule has 0 saturated carbocycles. The van der Waals surface area contributed by atoms with Crippen LogP contribution < -0.4 is 5.32 Å². The van der Waals surface area contributed by atoms with Crippen LogP contribution in [0.1, 0.15) is 21.6 Å². The molecule has 0 fully saturated rings. The van der Waals surface area contributed by atoms with Crippen molar-refractivity contribution in [1.82, 2.24) is 9.97 Å². The van der Waals surface area contributed by atoms with Crippen molar-refractivity contribution in [3.8, 4) is 0 Å². The zero-order valence-electron chi connectivity index (χ0n) is 14.7. The summed E-state index contributed by atoms with van der Waals surface area (Å²) >= 11 is 9.34. The molecule has 6 nitrogen and oxygen atoms in total. The largest absolute Gasteiger partial charge is 0.321 e. The number of aryl methyl sites for hydroxylation is 1. The van der Waals surface area contributed by atoms with E-state index in [-0.39, 0.29) is 16.5 Å². The van der Waals surface area contributed by atoms with E-state index in [9.17, 15) is 13.2 Å². The Balaban J connectivity index is 1.89. The first kappa shape index (κ1) is 20.4. The first-order valence-corrected chi connectivity index (χ1v) is 11.0. The molecule has 0 aliphatic rings. The first-order valence-electron chi connectivity index (χ1n) is 8.13. The minimum absolute atomic E-state index is 0.0375. The topological polar surface area (TPSA) is 89.0 Å². The van der Waals surface area contributed by atoms with Gasteiger partial charge in [0.25, 0.3) is 5.91 Å². The molecule has 0 unspecified atom stereocenters. The van der Waals surface area contributed by atoms with Crippen LogP contribution >= 0.6 is 27.5 Å². The van der Waals surface area contributed by atoms with Gasteiger partial charge < -0.3 is 5.32 Å². The van der Waals surface area contributed by atoms with Crippen molar-refractivity contribution in [3.05, 3.63) is 81.0 Å². The van der Waals surface area contributed by atoms with Crippen LogP contribution in [0.3, 0.4) is 0 Å². The number of carbonyl (C=O) groups excluding carboxylic acids is 1. The predicted octanol–water partition coefficient (Wildman–Crippen LogP) is 4.43. The molecule has 3 aromatic rings. The number of amides is 1. The van der Waals surface area contributed by atoms with Crippen LogP contribution in [0.25, 0.3) is 0 Å². The fourth-order valence-corrected chi connectivity index (χ4v) is 4.17. The highest BCUT2D eigenvalue weighted by Gasteiger charge is 2.23. The number of rotatable bonds is 5. The second-order valence-corrected chi connectivity index (χ2v) is 9.20. The first-order chi connectivity index (χ1) is 13.3. The zero-order chi connectivity index (χ0) is 20.3. The Hall–Kier alpha value is -2.29. The summed E-state index contributed by atoms with van der Waals surface area (Å²) in [7, 11) is -3.85. The summed E-state index contributed by atoms with van der Waals surface area (Å²) in [6.45, 7) is 1.82. The number of halogens is 2. The highest BCUT2D eigenvalue weighted by atomic mass is 79.9. The van der Waals surface area contributed by atoms with E-state index >= 15 is 0 Å². The van der Waals surface area contributed by atoms with Gasteiger partial charge in [-0.1, -0.05) is 51.8 Å². The van der Waals surface area contributed by atoms with E-state index in [0.29, 0.717) is 11.3 Å². The number of nitrogens with zero attached hydrogens (tertiary/aromatic N) is 2. The van der Waals surface area contributed by atoms with Crippen LogP contribution in [0, 0.1) is 6.92 Å². The number of benzene rings is 2. The van der Waals surface area contributed by atoms with Gasteiger partial charge in [-0.05, 0) is 42.3 Å². The Kier molecular flexibility index (Phi) is 6.12. The lowest BCUT2D eigenvalue weighted by atomic mass is 10.1. The summed E-state index contributed by atoms with van der Waals surface area (Å²) in [5.41, 5.74) is 1.80. The van der Waals surface area contributed by atoms with Gasteiger partial charge in [-0.2, -0.15) is 0 Å². The molecule has 0 atom stereocenters. The molecule has 144 valence electrons. The molecule has 1 N–H and O–H groups in total. The number of nitrogens with one attached hydrogen (secondary N) is 1. The van der Waals surface area contributed by atoms with Crippen LogP contribution in [-0.2, 0) is 15.6 Å². The minimum atomic E-state index is -3.85. The molecule has 0 bridgehead atoms. The lowest BCUT2D eigenvalue weighted by Crippen LogP contribution is -2.18. The Morgan fingerprint density at radius 3 is 2.50 bits per heavy atom. The lowest BCUT2D eigenvalue weighted by molar-refractivity contribution is 0.102. The molecule has 0 spiro atoms. The average Bonchev–Trinajstić information content (AvgIpc) is 2.65. The van der Waals surface area contributed by atoms with Crippen molar-refractivity contribution in [1.29, 1.82) is 0 Å². The van der Waals surface area contributed by atoms with Gasteiger partial charge in [-0.25, -0.2) is 18.4 Å². The van der Waals surface area contributed by atoms with Crippen molar-refractivity contribution >= 4 is 49.0 Å². The third-order valence-electron chi connectivity index (χ3n) is 3.92. The average molecular weight is 481 g/mol. The summed E-state index contributed by atoms with van der Waals surface area (Å²) in [6, 6.07) is 14.0. The maximum Gasteiger partial charge on any atom is 0.275 e. The summed E-state index contributed by atoms with van der Waals surface area (Å²) < 4.78 is 26.3. The molecule has 1 heterocycles. The number of sulfone groups is 1. The maximum atomic E-state index is 12.7. The van der Waals surface area contributed by atoms with E-state index in [0.717, 1.165) is 16.2 Å². The Labute approximate surface area is 176 Å². The molecule has 1 amide bonds. The summed E-state index contributed by atoms with van der Waals surface area (Å²) in [4.78, 5) is 20.3. The van der Waals surface area contributed by atoms with E-state index in [1.54, 1.807) is 36.4 Å². The molecule has 0 saturated heterocycles. The smallest absolute Gasteiger partial charge is 0.275 e. The van der Waals surface area contributed by atoms with Gasteiger partial charge in [0.05, 0.1) is 17.0 Å². The van der Waals surface area contributed by atoms with E-state index in [1.807, 2.05) is 19.1 Å². The standard InChI is InChI=1S/C19H15BrClN3O3S/c1-12-4-2-3-5-13(12)11-28(26,27)19-22-10-16(21)17(24-19)18(25)23-15-8-6-14(20)7-9-15/h2-10H,11H2,1H3,(H,23,25). The minimum Gasteiger partial charge on any atom is -0.321 e. The number of aromatic nitrogens is 2. The third kappa shape index (κ3) is 4.76. The van der Waals surface area contributed by atoms with Gasteiger partial charge in [-0.3, -0.25) is 4.79 Å². The molecule has 2 aromatic carbocycles. The van der Waals surface area contributed by atoms with Crippen molar-refractivity contribution in [2.45, 2.75) is 17.8 Å². The fourth-order valence-electron chi connectivity index (χ4n) is 2.42. The van der Waals surface area contributed by atoms with E-state index in [2.05, 4.69) is 31.2 Å². The van der Waals surface area contributed by atoms with Crippen molar-refractivity contribution < 1.29 is 13.2 Å². The van der Waals surface area contributed by atoms with Crippen LogP contribution in [0.5, 0.6) is 0 Å². The molecular weight excluding hydrogens is 466 g/mol. The molecule has 0 aliphatic carbocycles. The van der Waals surface area contributed by atoms with Gasteiger partial charge in [0.2, 0.25) is 15.0 Å². The second kappa shape index (κ2) is 8.38. The molecule has 1 aromatic heterocycles. The van der Waals surface area contributed by atoms with E-state index in [1.165, 1.54) is 0 Å². The normalized spacial score (nSPS) is 11.2. The molecule has 0 radical (unpaired) electrons. The van der Waals surface area contributed by atoms with Crippen molar-refractivity contribution in [3.63, 3.8) is 0 Å². The van der Waals surface area contributed by atoms with Gasteiger partial charge in [-0.15, -0.1) is 0 Å². The van der Waals surface area contributed by atoms with Crippen LogP contribution in [0.4, 0.5) is 5.69 Å². The van der Waals surface area contributed by atoms with Crippen molar-refractivity contribution in [2.24, 2.45) is 0 Å². The fraction of sp³-hybridized carbons (Fsp3) is 0.105. The SMILES string of the molecule is Cc1ccccc1CS(=O)(=O)c1ncc(Cl)c(C(=O)Nc2ccc(Br)cc2)n1. The zero-order valence-corrected chi connectivity index (χ0v) is 17.8. The Bertz CT molecular complexity index is 1140. The number of hydrogen-bond acceptors (Lipinski definition) is 5. The number of hydrogen-bond donors (Lipinski definition) is 1. The van der Waals surface area contributed by atoms with Crippen LogP contribution in [0.2, 0.25) is 5.02 Å². The molecular formula is C19H15BrClN3O3S. The van der Waals surface area contributed by atoms with Gasteiger partial charge >= 0.3 is 0 Å². The number of anilines is 1. The maximum absolute atomic E-state index is 12.7. The monoisotopic (exact) mass is 479 g/mol. The third-order valence-corrected chi connectivity index (χ3v) is 6.17. The second-order valence-electron chi connectivity index (χ2n) is 6.00. The molecule has 28 heavy (non-hydrogen) atoms. The quantitative estimate of drug-likeness (QED) is 0.546. The Morgan fingerprint density at radius 2 is 1.82 bits per heavy atom. The predicted molar refractivity (Wildman–Crippen MR) is 111 cm³/mol. The van der Waals surface area contributed by atoms with Gasteiger partial charge in [0, 0.05) is 10.2 Å².